The number of nitrogens with zero attached hydrogens (tertiary/aromatic N) is 2. The van der Waals surface area contributed by atoms with Crippen molar-refractivity contribution in [2.24, 2.45) is 0 Å². The Morgan fingerprint density at radius 3 is 2.65 bits per heavy atom. The lowest BCUT2D eigenvalue weighted by atomic mass is 10.0. The van der Waals surface area contributed by atoms with E-state index in [9.17, 15) is 10.4 Å². The van der Waals surface area contributed by atoms with Crippen molar-refractivity contribution in [3.05, 3.63) is 52.2 Å². The summed E-state index contributed by atoms with van der Waals surface area (Å²) in [7, 11) is 5.73. The van der Waals surface area contributed by atoms with Crippen LogP contribution in [0, 0.1) is 10.4 Å². The van der Waals surface area contributed by atoms with E-state index >= 15 is 0 Å². The second kappa shape index (κ2) is 7.53. The molecule has 1 aliphatic heterocycles. The second-order valence-corrected chi connectivity index (χ2v) is 6.48. The molecule has 0 spiro atoms. The zero-order chi connectivity index (χ0) is 18.7. The van der Waals surface area contributed by atoms with Gasteiger partial charge in [-0.25, -0.2) is 0 Å². The van der Waals surface area contributed by atoms with Gasteiger partial charge in [0.25, 0.3) is 0 Å². The molecule has 2 aliphatic rings. The van der Waals surface area contributed by atoms with Gasteiger partial charge in [-0.2, -0.15) is 4.90 Å². The van der Waals surface area contributed by atoms with Gasteiger partial charge in [0, 0.05) is 35.1 Å². The molecule has 1 heterocycles. The number of aromatic nitrogens is 1. The summed E-state index contributed by atoms with van der Waals surface area (Å²) < 4.78 is 5.36. The standard InChI is InChI=1S/C19H23N4O3/c1-22(2)10-4-9-20-19-15-7-5-13(23(24)25)11-18(15)21-17-8-6-14(26-3)12-16(17)19/h5-8,11-12,20-21H,4,9-10H2,1-3H3/q-1. The number of hydrogen-bond acceptors (Lipinski definition) is 5. The minimum absolute atomic E-state index is 0.0696. The highest BCUT2D eigenvalue weighted by molar-refractivity contribution is 6.01. The number of hydrogen-bond donors (Lipinski definition) is 2. The molecular weight excluding hydrogens is 332 g/mol. The minimum Gasteiger partial charge on any atom is -0.612 e. The van der Waals surface area contributed by atoms with E-state index in [1.165, 1.54) is 6.07 Å². The highest BCUT2D eigenvalue weighted by Gasteiger charge is 2.14. The number of benzene rings is 2. The Balaban J connectivity index is 2.13. The Hall–Kier alpha value is -2.93. The van der Waals surface area contributed by atoms with Gasteiger partial charge in [0.05, 0.1) is 18.5 Å². The molecule has 0 unspecified atom stereocenters. The van der Waals surface area contributed by atoms with Crippen molar-refractivity contribution in [3.63, 3.8) is 0 Å². The zero-order valence-electron chi connectivity index (χ0n) is 15.2. The molecule has 7 heteroatoms. The predicted molar refractivity (Wildman–Crippen MR) is 105 cm³/mol. The number of anilines is 1. The SMILES string of the molecule is COc1ccc2[nH]c3cc(=[N+]([O-])[O-])ccc-3c(NCCCN(C)C)c2c1. The second-order valence-electron chi connectivity index (χ2n) is 6.48. The maximum atomic E-state index is 11.1. The van der Waals surface area contributed by atoms with Crippen molar-refractivity contribution in [1.82, 2.24) is 14.8 Å². The Morgan fingerprint density at radius 2 is 1.96 bits per heavy atom. The van der Waals surface area contributed by atoms with Crippen LogP contribution in [0.15, 0.2) is 36.4 Å². The van der Waals surface area contributed by atoms with Crippen LogP contribution in [-0.2, 0) is 0 Å². The van der Waals surface area contributed by atoms with Gasteiger partial charge in [0.2, 0.25) is 5.36 Å². The first kappa shape index (κ1) is 17.9. The number of H-pyrrole nitrogens is 1. The lowest BCUT2D eigenvalue weighted by Crippen LogP contribution is -2.19. The topological polar surface area (TPSA) is 89.4 Å². The molecule has 0 aromatic heterocycles. The molecule has 0 radical (unpaired) electrons. The van der Waals surface area contributed by atoms with E-state index in [0.29, 0.717) is 0 Å². The summed E-state index contributed by atoms with van der Waals surface area (Å²) in [6.45, 7) is 1.79. The average molecular weight is 355 g/mol. The molecule has 138 valence electrons. The van der Waals surface area contributed by atoms with Gasteiger partial charge < -0.3 is 30.4 Å². The molecule has 26 heavy (non-hydrogen) atoms. The first-order chi connectivity index (χ1) is 12.5. The Labute approximate surface area is 152 Å². The van der Waals surface area contributed by atoms with Gasteiger partial charge in [-0.3, -0.25) is 0 Å². The van der Waals surface area contributed by atoms with Gasteiger partial charge in [0.15, 0.2) is 0 Å². The third-order valence-electron chi connectivity index (χ3n) is 4.33. The first-order valence-electron chi connectivity index (χ1n) is 8.49. The molecule has 0 atom stereocenters. The van der Waals surface area contributed by atoms with Crippen molar-refractivity contribution < 1.29 is 4.74 Å². The summed E-state index contributed by atoms with van der Waals surface area (Å²) in [5.74, 6) is 0.767. The average Bonchev–Trinajstić information content (AvgIpc) is 2.63. The van der Waals surface area contributed by atoms with Gasteiger partial charge in [-0.15, -0.1) is 0 Å². The molecule has 1 aromatic carbocycles. The molecule has 1 aliphatic carbocycles. The summed E-state index contributed by atoms with van der Waals surface area (Å²) >= 11 is 0. The Bertz CT molecular complexity index is 945. The fourth-order valence-corrected chi connectivity index (χ4v) is 3.02. The monoisotopic (exact) mass is 355 g/mol. The molecule has 0 saturated carbocycles. The fraction of sp³-hybridized carbons (Fsp3) is 0.316. The third kappa shape index (κ3) is 3.67. The van der Waals surface area contributed by atoms with E-state index < -0.39 is 0 Å². The van der Waals surface area contributed by atoms with Crippen LogP contribution in [0.5, 0.6) is 5.75 Å². The summed E-state index contributed by atoms with van der Waals surface area (Å²) in [6, 6.07) is 10.7. The number of nitrogens with one attached hydrogen (secondary N) is 2. The van der Waals surface area contributed by atoms with Crippen LogP contribution in [0.4, 0.5) is 5.69 Å². The van der Waals surface area contributed by atoms with E-state index in [2.05, 4.69) is 15.2 Å². The van der Waals surface area contributed by atoms with E-state index in [1.54, 1.807) is 19.2 Å². The zero-order valence-corrected chi connectivity index (χ0v) is 15.2. The molecule has 0 amide bonds. The Kier molecular flexibility index (Phi) is 5.18. The molecule has 7 nitrogen and oxygen atoms in total. The van der Waals surface area contributed by atoms with Crippen molar-refractivity contribution in [3.8, 4) is 17.0 Å². The third-order valence-corrected chi connectivity index (χ3v) is 4.33. The number of methoxy groups -OCH3 is 1. The highest BCUT2D eigenvalue weighted by atomic mass is 16.8. The van der Waals surface area contributed by atoms with E-state index in [-0.39, 0.29) is 10.3 Å². The van der Waals surface area contributed by atoms with E-state index in [0.717, 1.165) is 53.1 Å². The smallest absolute Gasteiger partial charge is 0.224 e. The molecule has 0 fully saturated rings. The van der Waals surface area contributed by atoms with Crippen LogP contribution in [0.25, 0.3) is 22.2 Å². The van der Waals surface area contributed by atoms with Crippen LogP contribution in [0.2, 0.25) is 0 Å². The summed E-state index contributed by atoms with van der Waals surface area (Å²) in [5, 5.41) is 26.8. The molecule has 3 rings (SSSR count). The quantitative estimate of drug-likeness (QED) is 0.403. The number of pyridine rings is 1. The maximum absolute atomic E-state index is 11.1. The lowest BCUT2D eigenvalue weighted by Gasteiger charge is -2.19. The van der Waals surface area contributed by atoms with Crippen LogP contribution in [-0.4, -0.2) is 44.2 Å². The molecule has 1 aromatic rings. The summed E-state index contributed by atoms with van der Waals surface area (Å²) in [6.07, 6.45) is 0.992. The predicted octanol–water partition coefficient (Wildman–Crippen LogP) is 2.41. The Morgan fingerprint density at radius 1 is 1.15 bits per heavy atom. The largest absolute Gasteiger partial charge is 0.612 e. The van der Waals surface area contributed by atoms with Crippen molar-refractivity contribution in [2.75, 3.05) is 39.6 Å². The van der Waals surface area contributed by atoms with Crippen LogP contribution in [0.3, 0.4) is 0 Å². The normalized spacial score (nSPS) is 11.2. The van der Waals surface area contributed by atoms with Gasteiger partial charge in [-0.1, -0.05) is 0 Å². The molecule has 0 saturated heterocycles. The van der Waals surface area contributed by atoms with Gasteiger partial charge >= 0.3 is 0 Å². The lowest BCUT2D eigenvalue weighted by molar-refractivity contribution is 0.405. The number of ether oxygens (including phenoxy) is 1. The number of aromatic amines is 1. The van der Waals surface area contributed by atoms with Crippen molar-refractivity contribution in [1.29, 1.82) is 0 Å². The van der Waals surface area contributed by atoms with Crippen molar-refractivity contribution in [2.45, 2.75) is 6.42 Å². The maximum Gasteiger partial charge on any atom is 0.224 e. The summed E-state index contributed by atoms with van der Waals surface area (Å²) in [4.78, 5) is 5.06. The summed E-state index contributed by atoms with van der Waals surface area (Å²) in [5.41, 5.74) is 3.50. The molecule has 0 bridgehead atoms. The van der Waals surface area contributed by atoms with Crippen molar-refractivity contribution >= 4 is 16.6 Å². The van der Waals surface area contributed by atoms with Crippen LogP contribution < -0.4 is 20.3 Å². The molecular formula is C19H23N4O3-. The minimum atomic E-state index is -0.379. The number of rotatable bonds is 6. The van der Waals surface area contributed by atoms with E-state index in [4.69, 9.17) is 4.74 Å². The van der Waals surface area contributed by atoms with Gasteiger partial charge in [-0.05, 0) is 51.3 Å². The van der Waals surface area contributed by atoms with E-state index in [1.807, 2.05) is 32.3 Å². The van der Waals surface area contributed by atoms with Crippen LogP contribution in [0.1, 0.15) is 6.42 Å². The first-order valence-corrected chi connectivity index (χ1v) is 8.49. The highest BCUT2D eigenvalue weighted by Crippen LogP contribution is 2.36. The number of fused-ring (bicyclic) bond motifs is 2. The fourth-order valence-electron chi connectivity index (χ4n) is 3.02. The van der Waals surface area contributed by atoms with Crippen LogP contribution >= 0.6 is 0 Å². The molecule has 2 N–H and O–H groups in total. The van der Waals surface area contributed by atoms with Gasteiger partial charge in [0.1, 0.15) is 5.75 Å².